The van der Waals surface area contributed by atoms with Crippen molar-refractivity contribution in [3.05, 3.63) is 0 Å². The number of carbonyl (C=O) groups excluding carboxylic acids is 2. The molecule has 74 valence electrons. The fourth-order valence-corrected chi connectivity index (χ4v) is 1.70. The number of likely N-dealkylation sites (tertiary alicyclic amines) is 1. The van der Waals surface area contributed by atoms with Gasteiger partial charge in [-0.15, -0.1) is 0 Å². The van der Waals surface area contributed by atoms with Gasteiger partial charge in [-0.2, -0.15) is 0 Å². The molecular weight excluding hydrogens is 166 g/mol. The molecule has 0 radical (unpaired) electrons. The molecule has 1 saturated heterocycles. The van der Waals surface area contributed by atoms with Gasteiger partial charge in [-0.3, -0.25) is 9.59 Å². The van der Waals surface area contributed by atoms with Crippen LogP contribution >= 0.6 is 0 Å². The van der Waals surface area contributed by atoms with E-state index >= 15 is 0 Å². The van der Waals surface area contributed by atoms with Crippen LogP contribution in [0.2, 0.25) is 0 Å². The van der Waals surface area contributed by atoms with Gasteiger partial charge < -0.3 is 4.90 Å². The number of nitrogens with zero attached hydrogens (tertiary/aromatic N) is 1. The standard InChI is InChI=1S/C10H17NO2/c1-4-9(12)8(3)11-6-5-7(2)10(11)13/h7-8H,4-6H2,1-3H3/t7?,8-/m0/s1. The maximum absolute atomic E-state index is 11.5. The summed E-state index contributed by atoms with van der Waals surface area (Å²) in [5, 5.41) is 0. The second kappa shape index (κ2) is 3.90. The van der Waals surface area contributed by atoms with Gasteiger partial charge in [0.1, 0.15) is 0 Å². The monoisotopic (exact) mass is 183 g/mol. The molecule has 1 unspecified atom stereocenters. The van der Waals surface area contributed by atoms with Gasteiger partial charge >= 0.3 is 0 Å². The van der Waals surface area contributed by atoms with Crippen LogP contribution < -0.4 is 0 Å². The summed E-state index contributed by atoms with van der Waals surface area (Å²) >= 11 is 0. The molecular formula is C10H17NO2. The predicted octanol–water partition coefficient (Wildman–Crippen LogP) is 1.22. The zero-order valence-corrected chi connectivity index (χ0v) is 8.54. The van der Waals surface area contributed by atoms with Gasteiger partial charge in [0.2, 0.25) is 5.91 Å². The van der Waals surface area contributed by atoms with Crippen LogP contribution in [-0.2, 0) is 9.59 Å². The Labute approximate surface area is 79.1 Å². The molecule has 1 amide bonds. The van der Waals surface area contributed by atoms with Crippen LogP contribution in [0.4, 0.5) is 0 Å². The van der Waals surface area contributed by atoms with Crippen molar-refractivity contribution in [1.29, 1.82) is 0 Å². The fourth-order valence-electron chi connectivity index (χ4n) is 1.70. The highest BCUT2D eigenvalue weighted by Gasteiger charge is 2.33. The average Bonchev–Trinajstić information content (AvgIpc) is 2.45. The van der Waals surface area contributed by atoms with E-state index in [1.807, 2.05) is 20.8 Å². The van der Waals surface area contributed by atoms with Crippen molar-refractivity contribution in [2.24, 2.45) is 5.92 Å². The highest BCUT2D eigenvalue weighted by Crippen LogP contribution is 2.20. The third kappa shape index (κ3) is 1.90. The minimum absolute atomic E-state index is 0.104. The van der Waals surface area contributed by atoms with Crippen LogP contribution in [0, 0.1) is 5.92 Å². The molecule has 0 saturated carbocycles. The third-order valence-corrected chi connectivity index (χ3v) is 2.79. The van der Waals surface area contributed by atoms with Gasteiger partial charge in [-0.25, -0.2) is 0 Å². The van der Waals surface area contributed by atoms with Crippen LogP contribution in [-0.4, -0.2) is 29.2 Å². The quantitative estimate of drug-likeness (QED) is 0.659. The van der Waals surface area contributed by atoms with E-state index in [0.29, 0.717) is 6.42 Å². The van der Waals surface area contributed by atoms with Gasteiger partial charge in [-0.05, 0) is 13.3 Å². The Morgan fingerprint density at radius 2 is 2.31 bits per heavy atom. The van der Waals surface area contributed by atoms with Gasteiger partial charge in [-0.1, -0.05) is 13.8 Å². The molecule has 1 fully saturated rings. The molecule has 1 aliphatic rings. The summed E-state index contributed by atoms with van der Waals surface area (Å²) in [6, 6.07) is -0.220. The minimum atomic E-state index is -0.220. The molecule has 0 aromatic carbocycles. The molecule has 1 aliphatic heterocycles. The van der Waals surface area contributed by atoms with Crippen LogP contribution in [0.1, 0.15) is 33.6 Å². The molecule has 0 spiro atoms. The Morgan fingerprint density at radius 3 is 2.69 bits per heavy atom. The average molecular weight is 183 g/mol. The number of Topliss-reactive ketones (excluding diaryl/α,β-unsaturated/α-hetero) is 1. The largest absolute Gasteiger partial charge is 0.333 e. The highest BCUT2D eigenvalue weighted by molar-refractivity contribution is 5.90. The second-order valence-electron chi connectivity index (χ2n) is 3.72. The number of hydrogen-bond donors (Lipinski definition) is 0. The molecule has 3 heteroatoms. The number of ketones is 1. The van der Waals surface area contributed by atoms with Crippen molar-refractivity contribution in [2.45, 2.75) is 39.7 Å². The molecule has 0 aromatic rings. The van der Waals surface area contributed by atoms with Crippen LogP contribution in [0.15, 0.2) is 0 Å². The van der Waals surface area contributed by atoms with Crippen LogP contribution in [0.3, 0.4) is 0 Å². The zero-order valence-electron chi connectivity index (χ0n) is 8.54. The highest BCUT2D eigenvalue weighted by atomic mass is 16.2. The summed E-state index contributed by atoms with van der Waals surface area (Å²) in [4.78, 5) is 24.6. The molecule has 0 aromatic heterocycles. The normalized spacial score (nSPS) is 25.0. The second-order valence-corrected chi connectivity index (χ2v) is 3.72. The van der Waals surface area contributed by atoms with Crippen molar-refractivity contribution in [3.8, 4) is 0 Å². The van der Waals surface area contributed by atoms with E-state index in [1.165, 1.54) is 0 Å². The summed E-state index contributed by atoms with van der Waals surface area (Å²) in [5.74, 6) is 0.392. The summed E-state index contributed by atoms with van der Waals surface area (Å²) in [5.41, 5.74) is 0. The molecule has 3 nitrogen and oxygen atoms in total. The molecule has 1 rings (SSSR count). The van der Waals surface area contributed by atoms with Gasteiger partial charge in [0, 0.05) is 18.9 Å². The van der Waals surface area contributed by atoms with E-state index in [9.17, 15) is 9.59 Å². The third-order valence-electron chi connectivity index (χ3n) is 2.79. The zero-order chi connectivity index (χ0) is 10.0. The predicted molar refractivity (Wildman–Crippen MR) is 50.3 cm³/mol. The smallest absolute Gasteiger partial charge is 0.226 e. The van der Waals surface area contributed by atoms with Crippen LogP contribution in [0.25, 0.3) is 0 Å². The SMILES string of the molecule is CCC(=O)[C@H](C)N1CCC(C)C1=O. The van der Waals surface area contributed by atoms with E-state index < -0.39 is 0 Å². The first-order chi connectivity index (χ1) is 6.07. The van der Waals surface area contributed by atoms with E-state index in [0.717, 1.165) is 13.0 Å². The number of rotatable bonds is 3. The Balaban J connectivity index is 2.63. The lowest BCUT2D eigenvalue weighted by molar-refractivity contribution is -0.137. The molecule has 0 N–H and O–H groups in total. The Morgan fingerprint density at radius 1 is 1.69 bits per heavy atom. The maximum atomic E-state index is 11.5. The van der Waals surface area contributed by atoms with E-state index in [2.05, 4.69) is 0 Å². The first kappa shape index (κ1) is 10.2. The number of carbonyl (C=O) groups is 2. The van der Waals surface area contributed by atoms with Crippen molar-refractivity contribution >= 4 is 11.7 Å². The van der Waals surface area contributed by atoms with E-state index in [-0.39, 0.29) is 23.7 Å². The minimum Gasteiger partial charge on any atom is -0.333 e. The van der Waals surface area contributed by atoms with Gasteiger partial charge in [0.25, 0.3) is 0 Å². The van der Waals surface area contributed by atoms with Crippen molar-refractivity contribution in [3.63, 3.8) is 0 Å². The Bertz CT molecular complexity index is 225. The molecule has 0 bridgehead atoms. The molecule has 0 aliphatic carbocycles. The Kier molecular flexibility index (Phi) is 3.07. The first-order valence-electron chi connectivity index (χ1n) is 4.91. The number of hydrogen-bond acceptors (Lipinski definition) is 2. The maximum Gasteiger partial charge on any atom is 0.226 e. The summed E-state index contributed by atoms with van der Waals surface area (Å²) < 4.78 is 0. The lowest BCUT2D eigenvalue weighted by Gasteiger charge is -2.22. The van der Waals surface area contributed by atoms with Crippen molar-refractivity contribution < 1.29 is 9.59 Å². The topological polar surface area (TPSA) is 37.4 Å². The lowest BCUT2D eigenvalue weighted by atomic mass is 10.1. The fraction of sp³-hybridized carbons (Fsp3) is 0.800. The van der Waals surface area contributed by atoms with Gasteiger partial charge in [0.15, 0.2) is 5.78 Å². The summed E-state index contributed by atoms with van der Waals surface area (Å²) in [7, 11) is 0. The van der Waals surface area contributed by atoms with E-state index in [1.54, 1.807) is 4.90 Å². The lowest BCUT2D eigenvalue weighted by Crippen LogP contribution is -2.40. The summed E-state index contributed by atoms with van der Waals surface area (Å²) in [6.07, 6.45) is 1.40. The van der Waals surface area contributed by atoms with E-state index in [4.69, 9.17) is 0 Å². The molecule has 13 heavy (non-hydrogen) atoms. The van der Waals surface area contributed by atoms with Crippen molar-refractivity contribution in [1.82, 2.24) is 4.90 Å². The summed E-state index contributed by atoms with van der Waals surface area (Å²) in [6.45, 7) is 6.32. The van der Waals surface area contributed by atoms with Crippen LogP contribution in [0.5, 0.6) is 0 Å². The molecule has 2 atom stereocenters. The number of amides is 1. The van der Waals surface area contributed by atoms with Crippen molar-refractivity contribution in [2.75, 3.05) is 6.54 Å². The Hall–Kier alpha value is -0.860. The first-order valence-corrected chi connectivity index (χ1v) is 4.91. The molecule has 1 heterocycles. The van der Waals surface area contributed by atoms with Gasteiger partial charge in [0.05, 0.1) is 6.04 Å².